The summed E-state index contributed by atoms with van der Waals surface area (Å²) in [5, 5.41) is 14.5. The number of non-ortho nitro benzene ring substituents is 1. The lowest BCUT2D eigenvalue weighted by Gasteiger charge is -2.30. The number of benzene rings is 2. The second-order valence-electron chi connectivity index (χ2n) is 6.43. The molecule has 0 bridgehead atoms. The van der Waals surface area contributed by atoms with Crippen molar-refractivity contribution in [2.45, 2.75) is 19.9 Å². The minimum Gasteiger partial charge on any atom is -0.463 e. The molecular weight excluding hydrogens is 360 g/mol. The van der Waals surface area contributed by atoms with Gasteiger partial charge >= 0.3 is 5.97 Å². The van der Waals surface area contributed by atoms with Crippen LogP contribution in [0.15, 0.2) is 59.8 Å². The Morgan fingerprint density at radius 1 is 1.29 bits per heavy atom. The van der Waals surface area contributed by atoms with Gasteiger partial charge in [0, 0.05) is 17.8 Å². The standard InChI is InChI=1S/C20H18N4O4/c1-3-28-19(25)17-12(2)21-20-22-15-9-4-5-10-16(15)23(20)18(17)13-7-6-8-14(11-13)24(26)27/h4-11,18H,3H2,1-2H3,(H,21,22). The molecule has 0 radical (unpaired) electrons. The van der Waals surface area contributed by atoms with Crippen molar-refractivity contribution in [1.29, 1.82) is 0 Å². The van der Waals surface area contributed by atoms with E-state index in [1.54, 1.807) is 26.0 Å². The first-order chi connectivity index (χ1) is 13.5. The Labute approximate surface area is 160 Å². The van der Waals surface area contributed by atoms with E-state index in [9.17, 15) is 14.9 Å². The van der Waals surface area contributed by atoms with Crippen LogP contribution in [0, 0.1) is 10.1 Å². The summed E-state index contributed by atoms with van der Waals surface area (Å²) >= 11 is 0. The highest BCUT2D eigenvalue weighted by molar-refractivity contribution is 5.94. The molecule has 0 aliphatic carbocycles. The molecule has 0 spiro atoms. The number of fused-ring (bicyclic) bond motifs is 3. The summed E-state index contributed by atoms with van der Waals surface area (Å²) in [4.78, 5) is 28.2. The highest BCUT2D eigenvalue weighted by Crippen LogP contribution is 2.40. The fourth-order valence-electron chi connectivity index (χ4n) is 3.56. The number of para-hydroxylation sites is 2. The summed E-state index contributed by atoms with van der Waals surface area (Å²) in [5.41, 5.74) is 3.16. The van der Waals surface area contributed by atoms with Gasteiger partial charge in [-0.2, -0.15) is 0 Å². The normalized spacial score (nSPS) is 15.9. The molecule has 0 saturated heterocycles. The van der Waals surface area contributed by atoms with E-state index in [0.717, 1.165) is 11.0 Å². The molecule has 1 aliphatic heterocycles. The van der Waals surface area contributed by atoms with E-state index in [1.807, 2.05) is 28.8 Å². The van der Waals surface area contributed by atoms with Crippen molar-refractivity contribution in [1.82, 2.24) is 9.55 Å². The number of ether oxygens (including phenoxy) is 1. The number of nitro groups is 1. The average molecular weight is 378 g/mol. The number of nitrogens with one attached hydrogen (secondary N) is 1. The fourth-order valence-corrected chi connectivity index (χ4v) is 3.56. The number of carbonyl (C=O) groups is 1. The Bertz CT molecular complexity index is 1130. The molecule has 1 aliphatic rings. The molecule has 2 heterocycles. The van der Waals surface area contributed by atoms with Gasteiger partial charge in [0.2, 0.25) is 5.95 Å². The smallest absolute Gasteiger partial charge is 0.338 e. The third kappa shape index (κ3) is 2.79. The van der Waals surface area contributed by atoms with Crippen LogP contribution in [0.4, 0.5) is 11.6 Å². The van der Waals surface area contributed by atoms with Crippen LogP contribution in [0.3, 0.4) is 0 Å². The van der Waals surface area contributed by atoms with E-state index >= 15 is 0 Å². The summed E-state index contributed by atoms with van der Waals surface area (Å²) in [5.74, 6) is 0.107. The first-order valence-corrected chi connectivity index (χ1v) is 8.87. The van der Waals surface area contributed by atoms with Crippen LogP contribution in [0.2, 0.25) is 0 Å². The van der Waals surface area contributed by atoms with Gasteiger partial charge in [-0.1, -0.05) is 24.3 Å². The Morgan fingerprint density at radius 2 is 2.07 bits per heavy atom. The van der Waals surface area contributed by atoms with Crippen LogP contribution in [-0.4, -0.2) is 27.1 Å². The molecule has 1 atom stereocenters. The quantitative estimate of drug-likeness (QED) is 0.421. The number of hydrogen-bond donors (Lipinski definition) is 1. The molecule has 4 rings (SSSR count). The summed E-state index contributed by atoms with van der Waals surface area (Å²) in [6.45, 7) is 3.75. The maximum absolute atomic E-state index is 12.8. The van der Waals surface area contributed by atoms with Crippen molar-refractivity contribution >= 4 is 28.6 Å². The van der Waals surface area contributed by atoms with Crippen LogP contribution in [0.5, 0.6) is 0 Å². The van der Waals surface area contributed by atoms with Gasteiger partial charge in [-0.05, 0) is 31.5 Å². The van der Waals surface area contributed by atoms with Crippen LogP contribution >= 0.6 is 0 Å². The highest BCUT2D eigenvalue weighted by Gasteiger charge is 2.35. The molecule has 1 unspecified atom stereocenters. The van der Waals surface area contributed by atoms with Crippen molar-refractivity contribution in [3.8, 4) is 0 Å². The zero-order chi connectivity index (χ0) is 19.8. The largest absolute Gasteiger partial charge is 0.463 e. The van der Waals surface area contributed by atoms with Crippen molar-refractivity contribution in [3.63, 3.8) is 0 Å². The van der Waals surface area contributed by atoms with Gasteiger partial charge in [-0.3, -0.25) is 14.7 Å². The Hall–Kier alpha value is -3.68. The molecule has 0 fully saturated rings. The number of hydrogen-bond acceptors (Lipinski definition) is 6. The predicted molar refractivity (Wildman–Crippen MR) is 104 cm³/mol. The first-order valence-electron chi connectivity index (χ1n) is 8.87. The van der Waals surface area contributed by atoms with E-state index in [-0.39, 0.29) is 12.3 Å². The molecule has 28 heavy (non-hydrogen) atoms. The average Bonchev–Trinajstić information content (AvgIpc) is 3.04. The zero-order valence-corrected chi connectivity index (χ0v) is 15.4. The lowest BCUT2D eigenvalue weighted by molar-refractivity contribution is -0.384. The Kier molecular flexibility index (Phi) is 4.31. The predicted octanol–water partition coefficient (Wildman–Crippen LogP) is 3.80. The monoisotopic (exact) mass is 378 g/mol. The van der Waals surface area contributed by atoms with Crippen LogP contribution in [-0.2, 0) is 9.53 Å². The van der Waals surface area contributed by atoms with Crippen molar-refractivity contribution in [2.24, 2.45) is 0 Å². The van der Waals surface area contributed by atoms with Crippen LogP contribution < -0.4 is 5.32 Å². The maximum Gasteiger partial charge on any atom is 0.338 e. The minimum absolute atomic E-state index is 0.0390. The number of aromatic nitrogens is 2. The van der Waals surface area contributed by atoms with Crippen LogP contribution in [0.25, 0.3) is 11.0 Å². The van der Waals surface area contributed by atoms with E-state index in [1.165, 1.54) is 12.1 Å². The van der Waals surface area contributed by atoms with Crippen molar-refractivity contribution < 1.29 is 14.5 Å². The second-order valence-corrected chi connectivity index (χ2v) is 6.43. The second kappa shape index (κ2) is 6.80. The molecule has 0 amide bonds. The molecule has 0 saturated carbocycles. The number of carbonyl (C=O) groups excluding carboxylic acids is 1. The molecule has 3 aromatic rings. The number of allylic oxidation sites excluding steroid dienone is 1. The van der Waals surface area contributed by atoms with E-state index in [2.05, 4.69) is 10.3 Å². The molecule has 142 valence electrons. The third-order valence-corrected chi connectivity index (χ3v) is 4.72. The maximum atomic E-state index is 12.8. The number of anilines is 1. The van der Waals surface area contributed by atoms with E-state index in [0.29, 0.717) is 22.8 Å². The van der Waals surface area contributed by atoms with Gasteiger partial charge in [0.15, 0.2) is 0 Å². The molecule has 1 N–H and O–H groups in total. The van der Waals surface area contributed by atoms with Gasteiger partial charge < -0.3 is 10.1 Å². The van der Waals surface area contributed by atoms with Crippen molar-refractivity contribution in [2.75, 3.05) is 11.9 Å². The van der Waals surface area contributed by atoms with Crippen LogP contribution in [0.1, 0.15) is 25.5 Å². The third-order valence-electron chi connectivity index (χ3n) is 4.72. The van der Waals surface area contributed by atoms with Gasteiger partial charge in [-0.15, -0.1) is 0 Å². The Balaban J connectivity index is 1.99. The van der Waals surface area contributed by atoms with Gasteiger partial charge in [-0.25, -0.2) is 9.78 Å². The van der Waals surface area contributed by atoms with Gasteiger partial charge in [0.05, 0.1) is 34.2 Å². The minimum atomic E-state index is -0.595. The van der Waals surface area contributed by atoms with Crippen molar-refractivity contribution in [3.05, 3.63) is 75.5 Å². The Morgan fingerprint density at radius 3 is 2.82 bits per heavy atom. The lowest BCUT2D eigenvalue weighted by atomic mass is 9.94. The number of imidazole rings is 1. The molecule has 2 aromatic carbocycles. The highest BCUT2D eigenvalue weighted by atomic mass is 16.6. The molecule has 8 heteroatoms. The topological polar surface area (TPSA) is 99.3 Å². The fraction of sp³-hybridized carbons (Fsp3) is 0.200. The number of nitrogens with zero attached hydrogens (tertiary/aromatic N) is 3. The number of esters is 1. The number of nitro benzene ring substituents is 1. The lowest BCUT2D eigenvalue weighted by Crippen LogP contribution is -2.29. The first kappa shape index (κ1) is 17.7. The summed E-state index contributed by atoms with van der Waals surface area (Å²) in [7, 11) is 0. The summed E-state index contributed by atoms with van der Waals surface area (Å²) < 4.78 is 7.16. The molecule has 1 aromatic heterocycles. The summed E-state index contributed by atoms with van der Waals surface area (Å²) in [6, 6.07) is 13.3. The SMILES string of the molecule is CCOC(=O)C1=C(C)Nc2nc3ccccc3n2C1c1cccc([N+](=O)[O-])c1. The number of rotatable bonds is 4. The van der Waals surface area contributed by atoms with E-state index < -0.39 is 16.9 Å². The van der Waals surface area contributed by atoms with Gasteiger partial charge in [0.1, 0.15) is 0 Å². The summed E-state index contributed by atoms with van der Waals surface area (Å²) in [6.07, 6.45) is 0. The van der Waals surface area contributed by atoms with E-state index in [4.69, 9.17) is 4.74 Å². The zero-order valence-electron chi connectivity index (χ0n) is 15.4. The van der Waals surface area contributed by atoms with Gasteiger partial charge in [0.25, 0.3) is 5.69 Å². The molecular formula is C20H18N4O4. The molecule has 8 nitrogen and oxygen atoms in total.